The summed E-state index contributed by atoms with van der Waals surface area (Å²) in [4.78, 5) is 0. The zero-order valence-electron chi connectivity index (χ0n) is 19.8. The van der Waals surface area contributed by atoms with Gasteiger partial charge in [-0.3, -0.25) is 0 Å². The Hall–Kier alpha value is -1.16. The van der Waals surface area contributed by atoms with Gasteiger partial charge in [0.1, 0.15) is 0 Å². The molecule has 0 amide bonds. The topological polar surface area (TPSA) is 34.1 Å². The maximum Gasteiger partial charge on any atom is 0.431 e. The van der Waals surface area contributed by atoms with Crippen molar-refractivity contribution in [2.45, 2.75) is 86.9 Å². The summed E-state index contributed by atoms with van der Waals surface area (Å²) in [5.41, 5.74) is -6.85. The Bertz CT molecular complexity index is 961. The standard InChI is InChI=1S/C18H17ClF20O2S/c19-42(40,41)2-1-8(14(25,26)27)3-9(15(28,29)30)4-10(16(31,32)33)5-11(20,21)6-12(22,23)7-13(24,17(34,35)36)18(37,38)39/h8-10H,1-7H2. The van der Waals surface area contributed by atoms with E-state index in [-0.39, 0.29) is 0 Å². The summed E-state index contributed by atoms with van der Waals surface area (Å²) in [6, 6.07) is 0. The molecule has 254 valence electrons. The van der Waals surface area contributed by atoms with Crippen LogP contribution in [0.25, 0.3) is 0 Å². The summed E-state index contributed by atoms with van der Waals surface area (Å²) in [5.74, 6) is -24.8. The molecule has 3 atom stereocenters. The van der Waals surface area contributed by atoms with Crippen LogP contribution in [0.2, 0.25) is 0 Å². The van der Waals surface area contributed by atoms with Crippen molar-refractivity contribution < 1.29 is 96.2 Å². The van der Waals surface area contributed by atoms with E-state index in [1.165, 1.54) is 0 Å². The number of alkyl halides is 20. The van der Waals surface area contributed by atoms with E-state index in [1.54, 1.807) is 0 Å². The highest BCUT2D eigenvalue weighted by atomic mass is 35.7. The van der Waals surface area contributed by atoms with Gasteiger partial charge in [0.15, 0.2) is 0 Å². The van der Waals surface area contributed by atoms with Crippen LogP contribution >= 0.6 is 10.7 Å². The van der Waals surface area contributed by atoms with Gasteiger partial charge in [-0.1, -0.05) is 0 Å². The van der Waals surface area contributed by atoms with E-state index < -0.39 is 119 Å². The summed E-state index contributed by atoms with van der Waals surface area (Å²) in [5, 5.41) is 0. The van der Waals surface area contributed by atoms with Crippen molar-refractivity contribution in [3.63, 3.8) is 0 Å². The van der Waals surface area contributed by atoms with Crippen molar-refractivity contribution >= 4 is 19.7 Å². The molecule has 0 N–H and O–H groups in total. The highest BCUT2D eigenvalue weighted by Crippen LogP contribution is 2.54. The summed E-state index contributed by atoms with van der Waals surface area (Å²) < 4.78 is 286. The van der Waals surface area contributed by atoms with Crippen molar-refractivity contribution in [1.29, 1.82) is 0 Å². The van der Waals surface area contributed by atoms with Crippen LogP contribution < -0.4 is 0 Å². The Morgan fingerprint density at radius 3 is 1.17 bits per heavy atom. The first-order valence-corrected chi connectivity index (χ1v) is 13.1. The summed E-state index contributed by atoms with van der Waals surface area (Å²) in [6.07, 6.45) is -50.3. The SMILES string of the molecule is O=S(=O)(Cl)CCC(CC(CC(CC(F)(F)CC(F)(F)CC(F)(C(F)(F)F)C(F)(F)F)C(F)(F)F)C(F)(F)F)C(F)(F)F. The lowest BCUT2D eigenvalue weighted by Gasteiger charge is -2.35. The monoisotopic (exact) mass is 712 g/mol. The molecule has 0 aliphatic heterocycles. The maximum atomic E-state index is 14.1. The molecule has 0 aliphatic rings. The molecular weight excluding hydrogens is 696 g/mol. The van der Waals surface area contributed by atoms with Crippen LogP contribution in [0.5, 0.6) is 0 Å². The molecule has 0 aromatic heterocycles. The molecule has 0 aromatic carbocycles. The molecule has 0 saturated heterocycles. The minimum atomic E-state index is -7.20. The van der Waals surface area contributed by atoms with E-state index in [0.717, 1.165) is 0 Å². The highest BCUT2D eigenvalue weighted by molar-refractivity contribution is 8.13. The largest absolute Gasteiger partial charge is 0.431 e. The number of hydrogen-bond acceptors (Lipinski definition) is 2. The minimum absolute atomic E-state index is 1.65. The molecule has 0 aromatic rings. The van der Waals surface area contributed by atoms with E-state index in [0.29, 0.717) is 0 Å². The number of rotatable bonds is 13. The van der Waals surface area contributed by atoms with Crippen molar-refractivity contribution in [2.75, 3.05) is 5.75 Å². The third-order valence-corrected chi connectivity index (χ3v) is 6.89. The van der Waals surface area contributed by atoms with Crippen molar-refractivity contribution in [2.24, 2.45) is 17.8 Å². The van der Waals surface area contributed by atoms with Crippen molar-refractivity contribution in [3.8, 4) is 0 Å². The maximum absolute atomic E-state index is 14.1. The fourth-order valence-electron chi connectivity index (χ4n) is 3.67. The fraction of sp³-hybridized carbons (Fsp3) is 1.00. The smallest absolute Gasteiger partial charge is 0.223 e. The van der Waals surface area contributed by atoms with Crippen molar-refractivity contribution in [3.05, 3.63) is 0 Å². The van der Waals surface area contributed by atoms with Crippen LogP contribution in [0.4, 0.5) is 87.8 Å². The molecule has 2 nitrogen and oxygen atoms in total. The first-order chi connectivity index (χ1) is 17.9. The lowest BCUT2D eigenvalue weighted by molar-refractivity contribution is -0.356. The van der Waals surface area contributed by atoms with Crippen LogP contribution in [-0.2, 0) is 9.05 Å². The molecule has 42 heavy (non-hydrogen) atoms. The molecule has 24 heteroatoms. The third-order valence-electron chi connectivity index (χ3n) is 5.70. The van der Waals surface area contributed by atoms with Crippen LogP contribution in [0.1, 0.15) is 38.5 Å². The quantitative estimate of drug-likeness (QED) is 0.141. The number of halogens is 21. The van der Waals surface area contributed by atoms with E-state index in [2.05, 4.69) is 10.7 Å². The van der Waals surface area contributed by atoms with Gasteiger partial charge < -0.3 is 0 Å². The molecule has 0 bridgehead atoms. The van der Waals surface area contributed by atoms with Crippen LogP contribution in [0, 0.1) is 17.8 Å². The van der Waals surface area contributed by atoms with E-state index in [9.17, 15) is 96.2 Å². The molecule has 0 saturated carbocycles. The van der Waals surface area contributed by atoms with Crippen molar-refractivity contribution in [1.82, 2.24) is 0 Å². The Labute approximate surface area is 227 Å². The Morgan fingerprint density at radius 2 is 0.857 bits per heavy atom. The fourth-order valence-corrected chi connectivity index (χ4v) is 4.51. The first kappa shape index (κ1) is 40.8. The third kappa shape index (κ3) is 12.8. The van der Waals surface area contributed by atoms with E-state index >= 15 is 0 Å². The molecular formula is C18H17ClF20O2S. The lowest BCUT2D eigenvalue weighted by atomic mass is 9.81. The Morgan fingerprint density at radius 1 is 0.500 bits per heavy atom. The van der Waals surface area contributed by atoms with Gasteiger partial charge in [0, 0.05) is 17.1 Å². The zero-order valence-corrected chi connectivity index (χ0v) is 21.4. The first-order valence-electron chi connectivity index (χ1n) is 10.6. The lowest BCUT2D eigenvalue weighted by Crippen LogP contribution is -2.56. The van der Waals surface area contributed by atoms with Gasteiger partial charge in [-0.25, -0.2) is 30.4 Å². The van der Waals surface area contributed by atoms with E-state index in [4.69, 9.17) is 0 Å². The van der Waals surface area contributed by atoms with Crippen LogP contribution in [0.15, 0.2) is 0 Å². The predicted octanol–water partition coefficient (Wildman–Crippen LogP) is 9.53. The molecule has 0 heterocycles. The van der Waals surface area contributed by atoms with Crippen LogP contribution in [0.3, 0.4) is 0 Å². The number of hydrogen-bond donors (Lipinski definition) is 0. The van der Waals surface area contributed by atoms with Gasteiger partial charge in [-0.2, -0.15) is 65.9 Å². The Kier molecular flexibility index (Phi) is 12.3. The van der Waals surface area contributed by atoms with E-state index in [1.807, 2.05) is 0 Å². The predicted molar refractivity (Wildman–Crippen MR) is 102 cm³/mol. The zero-order chi connectivity index (χ0) is 34.2. The average Bonchev–Trinajstić information content (AvgIpc) is 2.62. The van der Waals surface area contributed by atoms with Gasteiger partial charge in [0.05, 0.1) is 36.3 Å². The Balaban J connectivity index is 6.26. The second kappa shape index (κ2) is 12.7. The summed E-state index contributed by atoms with van der Waals surface area (Å²) >= 11 is 0. The van der Waals surface area contributed by atoms with Gasteiger partial charge in [0.2, 0.25) is 9.05 Å². The molecule has 3 unspecified atom stereocenters. The normalized spacial score (nSPS) is 17.7. The molecule has 0 aliphatic carbocycles. The molecule has 0 radical (unpaired) electrons. The van der Waals surface area contributed by atoms with Gasteiger partial charge in [0.25, 0.3) is 11.8 Å². The second-order valence-electron chi connectivity index (χ2n) is 9.28. The molecule has 0 rings (SSSR count). The van der Waals surface area contributed by atoms with Gasteiger partial charge in [-0.05, 0) is 19.3 Å². The van der Waals surface area contributed by atoms with Crippen LogP contribution in [-0.4, -0.2) is 62.6 Å². The second-order valence-corrected chi connectivity index (χ2v) is 12.2. The average molecular weight is 713 g/mol. The summed E-state index contributed by atoms with van der Waals surface area (Å²) in [6.45, 7) is 0. The molecule has 0 spiro atoms. The molecule has 0 fully saturated rings. The minimum Gasteiger partial charge on any atom is -0.223 e. The highest BCUT2D eigenvalue weighted by Gasteiger charge is 2.75. The van der Waals surface area contributed by atoms with Gasteiger partial charge in [-0.15, -0.1) is 0 Å². The van der Waals surface area contributed by atoms with Gasteiger partial charge >= 0.3 is 36.6 Å². The summed E-state index contributed by atoms with van der Waals surface area (Å²) in [7, 11) is -0.143.